The van der Waals surface area contributed by atoms with Crippen LogP contribution in [0.25, 0.3) is 11.3 Å². The molecule has 2 amide bonds. The van der Waals surface area contributed by atoms with E-state index in [0.717, 1.165) is 10.5 Å². The number of aliphatic hydroxyl groups excluding tert-OH is 2. The Balaban J connectivity index is 1.45. The number of amides is 2. The van der Waals surface area contributed by atoms with E-state index in [-0.39, 0.29) is 23.6 Å². The molecular formula is C19H18N6O4. The van der Waals surface area contributed by atoms with Gasteiger partial charge < -0.3 is 25.3 Å². The number of rotatable bonds is 4. The lowest BCUT2D eigenvalue weighted by atomic mass is 10.0. The number of likely N-dealkylation sites (N-methyl/N-ethyl adjacent to an activating group) is 1. The predicted octanol–water partition coefficient (Wildman–Crippen LogP) is -0.288. The topological polar surface area (TPSA) is 132 Å². The lowest BCUT2D eigenvalue weighted by Gasteiger charge is -2.26. The number of carbonyl (C=O) groups excluding carboxylic acids is 2. The van der Waals surface area contributed by atoms with E-state index >= 15 is 0 Å². The lowest BCUT2D eigenvalue weighted by Crippen LogP contribution is -2.35. The van der Waals surface area contributed by atoms with E-state index in [2.05, 4.69) is 20.5 Å². The Morgan fingerprint density at radius 3 is 2.76 bits per heavy atom. The van der Waals surface area contributed by atoms with Crippen molar-refractivity contribution < 1.29 is 19.8 Å². The number of nitrogens with one attached hydrogen (secondary N) is 1. The van der Waals surface area contributed by atoms with Crippen LogP contribution in [-0.2, 0) is 9.59 Å². The molecule has 10 heteroatoms. The van der Waals surface area contributed by atoms with Crippen molar-refractivity contribution in [2.45, 2.75) is 12.3 Å². The fourth-order valence-corrected chi connectivity index (χ4v) is 3.21. The van der Waals surface area contributed by atoms with Gasteiger partial charge in [0.2, 0.25) is 5.91 Å². The van der Waals surface area contributed by atoms with Gasteiger partial charge in [0.05, 0.1) is 5.69 Å². The van der Waals surface area contributed by atoms with Gasteiger partial charge in [-0.3, -0.25) is 14.6 Å². The van der Waals surface area contributed by atoms with Crippen molar-refractivity contribution in [1.82, 2.24) is 25.0 Å². The summed E-state index contributed by atoms with van der Waals surface area (Å²) >= 11 is 0. The molecule has 2 unspecified atom stereocenters. The third-order valence-corrected chi connectivity index (χ3v) is 4.70. The second-order valence-electron chi connectivity index (χ2n) is 6.60. The number of pyridine rings is 1. The molecule has 0 aliphatic carbocycles. The Hall–Kier alpha value is -3.63. The highest BCUT2D eigenvalue weighted by Gasteiger charge is 2.42. The number of nitrogens with zero attached hydrogens (tertiary/aromatic N) is 5. The summed E-state index contributed by atoms with van der Waals surface area (Å²) in [6.07, 6.45) is 3.86. The van der Waals surface area contributed by atoms with E-state index in [9.17, 15) is 19.8 Å². The molecule has 0 aromatic carbocycles. The molecule has 2 aliphatic rings. The molecule has 0 bridgehead atoms. The highest BCUT2D eigenvalue weighted by Crippen LogP contribution is 2.32. The maximum atomic E-state index is 12.4. The molecule has 2 aliphatic heterocycles. The Kier molecular flexibility index (Phi) is 4.79. The summed E-state index contributed by atoms with van der Waals surface area (Å²) < 4.78 is 0. The summed E-state index contributed by atoms with van der Waals surface area (Å²) in [5, 5.41) is 30.9. The second-order valence-corrected chi connectivity index (χ2v) is 6.60. The average Bonchev–Trinajstić information content (AvgIpc) is 2.96. The van der Waals surface area contributed by atoms with Crippen LogP contribution in [0, 0.1) is 0 Å². The molecule has 0 spiro atoms. The van der Waals surface area contributed by atoms with Crippen LogP contribution < -0.4 is 5.32 Å². The van der Waals surface area contributed by atoms with Gasteiger partial charge in [-0.2, -0.15) is 0 Å². The van der Waals surface area contributed by atoms with Crippen LogP contribution in [0.5, 0.6) is 0 Å². The molecule has 2 aromatic rings. The average molecular weight is 394 g/mol. The molecule has 0 fully saturated rings. The van der Waals surface area contributed by atoms with E-state index in [1.54, 1.807) is 30.6 Å². The highest BCUT2D eigenvalue weighted by atomic mass is 16.3. The van der Waals surface area contributed by atoms with Crippen LogP contribution in [0.1, 0.15) is 0 Å². The summed E-state index contributed by atoms with van der Waals surface area (Å²) in [5.74, 6) is -0.643. The van der Waals surface area contributed by atoms with Gasteiger partial charge >= 0.3 is 0 Å². The van der Waals surface area contributed by atoms with Gasteiger partial charge in [-0.1, -0.05) is 0 Å². The Morgan fingerprint density at radius 1 is 1.24 bits per heavy atom. The fraction of sp³-hybridized carbons (Fsp3) is 0.211. The van der Waals surface area contributed by atoms with E-state index in [1.165, 1.54) is 24.2 Å². The smallest absolute Gasteiger partial charge is 0.272 e. The first-order valence-electron chi connectivity index (χ1n) is 8.82. The van der Waals surface area contributed by atoms with Crippen LogP contribution >= 0.6 is 0 Å². The van der Waals surface area contributed by atoms with Gasteiger partial charge in [-0.05, 0) is 30.3 Å². The van der Waals surface area contributed by atoms with Crippen molar-refractivity contribution in [3.63, 3.8) is 0 Å². The van der Waals surface area contributed by atoms with Crippen LogP contribution in [0.3, 0.4) is 0 Å². The largest absolute Gasteiger partial charge is 0.384 e. The van der Waals surface area contributed by atoms with Gasteiger partial charge in [-0.25, -0.2) is 0 Å². The number of carbonyl (C=O) groups is 2. The number of hydrogen-bond acceptors (Lipinski definition) is 8. The van der Waals surface area contributed by atoms with Crippen LogP contribution in [0.4, 0.5) is 5.82 Å². The summed E-state index contributed by atoms with van der Waals surface area (Å²) in [6, 6.07) is 6.97. The van der Waals surface area contributed by atoms with Crippen LogP contribution in [0.15, 0.2) is 60.2 Å². The first kappa shape index (κ1) is 18.7. The molecule has 4 rings (SSSR count). The Bertz CT molecular complexity index is 1010. The molecule has 2 atom stereocenters. The second kappa shape index (κ2) is 7.41. The maximum absolute atomic E-state index is 12.4. The normalized spacial score (nSPS) is 20.9. The maximum Gasteiger partial charge on any atom is 0.272 e. The van der Waals surface area contributed by atoms with Gasteiger partial charge in [0.15, 0.2) is 12.0 Å². The molecule has 0 saturated heterocycles. The summed E-state index contributed by atoms with van der Waals surface area (Å²) in [4.78, 5) is 31.3. The number of aliphatic hydroxyl groups is 2. The minimum Gasteiger partial charge on any atom is -0.384 e. The van der Waals surface area contributed by atoms with Crippen molar-refractivity contribution in [3.05, 3.63) is 60.2 Å². The van der Waals surface area contributed by atoms with Gasteiger partial charge in [0, 0.05) is 36.8 Å². The Morgan fingerprint density at radius 2 is 2.07 bits per heavy atom. The number of anilines is 1. The van der Waals surface area contributed by atoms with Crippen molar-refractivity contribution in [2.24, 2.45) is 0 Å². The molecular weight excluding hydrogens is 376 g/mol. The predicted molar refractivity (Wildman–Crippen MR) is 102 cm³/mol. The molecule has 2 aromatic heterocycles. The van der Waals surface area contributed by atoms with E-state index in [1.807, 2.05) is 6.07 Å². The van der Waals surface area contributed by atoms with Crippen molar-refractivity contribution >= 4 is 17.6 Å². The van der Waals surface area contributed by atoms with E-state index in [0.29, 0.717) is 5.69 Å². The summed E-state index contributed by atoms with van der Waals surface area (Å²) in [7, 11) is 1.43. The molecule has 10 nitrogen and oxygen atoms in total. The van der Waals surface area contributed by atoms with E-state index < -0.39 is 24.1 Å². The summed E-state index contributed by atoms with van der Waals surface area (Å²) in [5.41, 5.74) is 1.68. The van der Waals surface area contributed by atoms with Gasteiger partial charge in [0.1, 0.15) is 18.3 Å². The first-order valence-corrected chi connectivity index (χ1v) is 8.82. The zero-order valence-corrected chi connectivity index (χ0v) is 15.4. The molecule has 4 heterocycles. The third-order valence-electron chi connectivity index (χ3n) is 4.70. The van der Waals surface area contributed by atoms with Crippen molar-refractivity contribution in [1.29, 1.82) is 0 Å². The Labute approximate surface area is 165 Å². The van der Waals surface area contributed by atoms with Crippen molar-refractivity contribution in [3.8, 4) is 11.3 Å². The number of aromatic nitrogens is 3. The standard InChI is InChI=1S/C19H18N6O4/c1-24-18(28)16-13(26)6-8-25(17(16)19(24)29)10-15(27)21-14-5-4-12(22-23-14)11-3-2-7-20-9-11/h2-9,13,18,26,28H,10H2,1H3,(H,21,23,27). The first-order chi connectivity index (χ1) is 14.0. The lowest BCUT2D eigenvalue weighted by molar-refractivity contribution is -0.130. The van der Waals surface area contributed by atoms with Crippen LogP contribution in [0.2, 0.25) is 0 Å². The zero-order valence-electron chi connectivity index (χ0n) is 15.4. The minimum atomic E-state index is -1.23. The minimum absolute atomic E-state index is 0.100. The third kappa shape index (κ3) is 3.46. The van der Waals surface area contributed by atoms with E-state index in [4.69, 9.17) is 0 Å². The molecule has 0 radical (unpaired) electrons. The SMILES string of the molecule is CN1C(=O)C2=C(C(O)C=CN2CC(=O)Nc2ccc(-c3cccnc3)nn2)C1O. The quantitative estimate of drug-likeness (QED) is 0.645. The zero-order chi connectivity index (χ0) is 20.5. The van der Waals surface area contributed by atoms with Gasteiger partial charge in [0.25, 0.3) is 5.91 Å². The fourth-order valence-electron chi connectivity index (χ4n) is 3.21. The molecule has 3 N–H and O–H groups in total. The monoisotopic (exact) mass is 394 g/mol. The van der Waals surface area contributed by atoms with Gasteiger partial charge in [-0.15, -0.1) is 10.2 Å². The number of hydrogen-bond donors (Lipinski definition) is 3. The molecule has 0 saturated carbocycles. The highest BCUT2D eigenvalue weighted by molar-refractivity contribution is 5.99. The summed E-state index contributed by atoms with van der Waals surface area (Å²) in [6.45, 7) is -0.194. The molecule has 29 heavy (non-hydrogen) atoms. The van der Waals surface area contributed by atoms with Crippen molar-refractivity contribution in [2.75, 3.05) is 18.9 Å². The molecule has 148 valence electrons. The van der Waals surface area contributed by atoms with Crippen LogP contribution in [-0.4, -0.2) is 72.9 Å².